The van der Waals surface area contributed by atoms with E-state index in [9.17, 15) is 14.4 Å². The molecular weight excluding hydrogens is 442 g/mol. The number of hydrogen-bond acceptors (Lipinski definition) is 8. The van der Waals surface area contributed by atoms with E-state index in [1.165, 1.54) is 0 Å². The summed E-state index contributed by atoms with van der Waals surface area (Å²) in [5.74, 6) is -0.881. The van der Waals surface area contributed by atoms with Gasteiger partial charge in [-0.2, -0.15) is 0 Å². The quantitative estimate of drug-likeness (QED) is 0.153. The first-order valence-electron chi connectivity index (χ1n) is 11.2. The fraction of sp³-hybridized carbons (Fsp3) is 0.542. The number of carbonyl (C=O) groups excluding carboxylic acids is 3. The average Bonchev–Trinajstić information content (AvgIpc) is 2.82. The Morgan fingerprint density at radius 1 is 0.971 bits per heavy atom. The van der Waals surface area contributed by atoms with Crippen molar-refractivity contribution >= 4 is 17.6 Å². The van der Waals surface area contributed by atoms with Crippen LogP contribution in [0.4, 0.5) is 0 Å². The molecule has 1 aromatic rings. The number of Topliss-reactive ketones (excluding diaryl/α,β-unsaturated/α-hetero) is 1. The number of amides is 2. The van der Waals surface area contributed by atoms with Crippen LogP contribution in [0.2, 0.25) is 0 Å². The highest BCUT2D eigenvalue weighted by molar-refractivity contribution is 6.37. The second-order valence-electron chi connectivity index (χ2n) is 7.76. The van der Waals surface area contributed by atoms with Crippen molar-refractivity contribution in [1.29, 1.82) is 0 Å². The minimum Gasteiger partial charge on any atom is -0.492 e. The summed E-state index contributed by atoms with van der Waals surface area (Å²) >= 11 is 0. The van der Waals surface area contributed by atoms with Crippen molar-refractivity contribution in [3.05, 3.63) is 42.8 Å². The smallest absolute Gasteiger partial charge is 0.289 e. The van der Waals surface area contributed by atoms with E-state index >= 15 is 0 Å². The maximum absolute atomic E-state index is 12.6. The molecule has 10 nitrogen and oxygen atoms in total. The topological polar surface area (TPSA) is 124 Å². The Labute approximate surface area is 201 Å². The molecule has 10 heteroatoms. The van der Waals surface area contributed by atoms with Crippen LogP contribution in [0.5, 0.6) is 5.75 Å². The van der Waals surface area contributed by atoms with Gasteiger partial charge in [0.2, 0.25) is 11.7 Å². The van der Waals surface area contributed by atoms with Gasteiger partial charge in [0.05, 0.1) is 32.9 Å². The Kier molecular flexibility index (Phi) is 14.8. The lowest BCUT2D eigenvalue weighted by Gasteiger charge is -2.22. The van der Waals surface area contributed by atoms with Gasteiger partial charge < -0.3 is 34.9 Å². The van der Waals surface area contributed by atoms with Crippen molar-refractivity contribution in [2.75, 3.05) is 53.2 Å². The van der Waals surface area contributed by atoms with Crippen LogP contribution in [0.1, 0.15) is 20.3 Å². The molecule has 0 aromatic heterocycles. The Balaban J connectivity index is 2.34. The summed E-state index contributed by atoms with van der Waals surface area (Å²) in [6.45, 7) is 9.23. The van der Waals surface area contributed by atoms with Gasteiger partial charge >= 0.3 is 0 Å². The first-order valence-corrected chi connectivity index (χ1v) is 11.2. The minimum atomic E-state index is -0.786. The van der Waals surface area contributed by atoms with Gasteiger partial charge in [-0.25, -0.2) is 0 Å². The van der Waals surface area contributed by atoms with E-state index in [2.05, 4.69) is 22.5 Å². The van der Waals surface area contributed by atoms with Crippen LogP contribution in [-0.4, -0.2) is 76.9 Å². The molecule has 1 unspecified atom stereocenters. The van der Waals surface area contributed by atoms with Gasteiger partial charge in [0.1, 0.15) is 25.0 Å². The maximum Gasteiger partial charge on any atom is 0.289 e. The summed E-state index contributed by atoms with van der Waals surface area (Å²) in [7, 11) is 1.59. The molecule has 34 heavy (non-hydrogen) atoms. The van der Waals surface area contributed by atoms with Crippen molar-refractivity contribution in [2.45, 2.75) is 26.3 Å². The Morgan fingerprint density at radius 2 is 1.68 bits per heavy atom. The van der Waals surface area contributed by atoms with Crippen molar-refractivity contribution in [3.8, 4) is 5.75 Å². The second kappa shape index (κ2) is 17.4. The summed E-state index contributed by atoms with van der Waals surface area (Å²) in [4.78, 5) is 36.6. The lowest BCUT2D eigenvalue weighted by molar-refractivity contribution is -0.138. The Bertz CT molecular complexity index is 756. The van der Waals surface area contributed by atoms with Crippen molar-refractivity contribution in [1.82, 2.24) is 16.0 Å². The van der Waals surface area contributed by atoms with Gasteiger partial charge in [0.25, 0.3) is 5.91 Å². The predicted octanol–water partition coefficient (Wildman–Crippen LogP) is 1.02. The molecule has 0 aliphatic heterocycles. The molecule has 0 spiro atoms. The third-order valence-electron chi connectivity index (χ3n) is 4.37. The van der Waals surface area contributed by atoms with Crippen LogP contribution in [0.3, 0.4) is 0 Å². The SMILES string of the molecule is C=C(NC(CC(C)C)C(=O)NCC(=O)C(=O)NCCOc1ccccc1)OCCOCCOC. The van der Waals surface area contributed by atoms with E-state index in [1.54, 1.807) is 19.2 Å². The Morgan fingerprint density at radius 3 is 2.35 bits per heavy atom. The van der Waals surface area contributed by atoms with Crippen LogP contribution in [0.25, 0.3) is 0 Å². The molecule has 1 aromatic carbocycles. The second-order valence-corrected chi connectivity index (χ2v) is 7.76. The van der Waals surface area contributed by atoms with Crippen molar-refractivity contribution < 1.29 is 33.3 Å². The molecule has 0 aliphatic carbocycles. The molecule has 1 atom stereocenters. The number of hydrogen-bond donors (Lipinski definition) is 3. The zero-order valence-corrected chi connectivity index (χ0v) is 20.3. The third-order valence-corrected chi connectivity index (χ3v) is 4.37. The lowest BCUT2D eigenvalue weighted by atomic mass is 10.0. The molecule has 0 radical (unpaired) electrons. The first-order chi connectivity index (χ1) is 16.3. The summed E-state index contributed by atoms with van der Waals surface area (Å²) in [6.07, 6.45) is 0.482. The third kappa shape index (κ3) is 13.4. The van der Waals surface area contributed by atoms with Crippen LogP contribution in [0, 0.1) is 5.92 Å². The molecule has 2 amide bonds. The zero-order valence-electron chi connectivity index (χ0n) is 20.3. The number of rotatable bonds is 19. The molecule has 0 fully saturated rings. The van der Waals surface area contributed by atoms with E-state index < -0.39 is 30.2 Å². The van der Waals surface area contributed by atoms with Gasteiger partial charge in [-0.05, 0) is 31.1 Å². The molecule has 0 saturated carbocycles. The maximum atomic E-state index is 12.6. The highest BCUT2D eigenvalue weighted by Gasteiger charge is 2.22. The Hall–Kier alpha value is -3.11. The molecule has 0 heterocycles. The predicted molar refractivity (Wildman–Crippen MR) is 127 cm³/mol. The number of carbonyl (C=O) groups is 3. The summed E-state index contributed by atoms with van der Waals surface area (Å²) in [5, 5.41) is 7.90. The molecule has 0 aliphatic rings. The van der Waals surface area contributed by atoms with Gasteiger partial charge in [0.15, 0.2) is 5.88 Å². The zero-order chi connectivity index (χ0) is 25.2. The first kappa shape index (κ1) is 28.9. The van der Waals surface area contributed by atoms with Crippen LogP contribution in [0.15, 0.2) is 42.8 Å². The molecule has 1 rings (SSSR count). The monoisotopic (exact) mass is 479 g/mol. The van der Waals surface area contributed by atoms with E-state index in [4.69, 9.17) is 18.9 Å². The largest absolute Gasteiger partial charge is 0.492 e. The molecule has 0 saturated heterocycles. The highest BCUT2D eigenvalue weighted by Crippen LogP contribution is 2.08. The van der Waals surface area contributed by atoms with E-state index in [0.29, 0.717) is 32.0 Å². The van der Waals surface area contributed by atoms with Crippen LogP contribution in [-0.2, 0) is 28.6 Å². The van der Waals surface area contributed by atoms with Gasteiger partial charge in [-0.15, -0.1) is 0 Å². The highest BCUT2D eigenvalue weighted by atomic mass is 16.5. The number of methoxy groups -OCH3 is 1. The van der Waals surface area contributed by atoms with Gasteiger partial charge in [0, 0.05) is 7.11 Å². The van der Waals surface area contributed by atoms with Crippen molar-refractivity contribution in [2.24, 2.45) is 5.92 Å². The molecular formula is C24H37N3O7. The number of benzene rings is 1. The summed E-state index contributed by atoms with van der Waals surface area (Å²) in [5.41, 5.74) is 0. The number of ether oxygens (including phenoxy) is 4. The van der Waals surface area contributed by atoms with Crippen LogP contribution >= 0.6 is 0 Å². The van der Waals surface area contributed by atoms with Crippen LogP contribution < -0.4 is 20.7 Å². The van der Waals surface area contributed by atoms with Gasteiger partial charge in [-0.3, -0.25) is 14.4 Å². The fourth-order valence-electron chi connectivity index (χ4n) is 2.73. The molecule has 190 valence electrons. The number of para-hydroxylation sites is 1. The summed E-state index contributed by atoms with van der Waals surface area (Å²) < 4.78 is 21.1. The van der Waals surface area contributed by atoms with E-state index in [0.717, 1.165) is 0 Å². The minimum absolute atomic E-state index is 0.164. The summed E-state index contributed by atoms with van der Waals surface area (Å²) in [6, 6.07) is 8.45. The molecule has 0 bridgehead atoms. The fourth-order valence-corrected chi connectivity index (χ4v) is 2.73. The molecule has 3 N–H and O–H groups in total. The number of nitrogens with one attached hydrogen (secondary N) is 3. The van der Waals surface area contributed by atoms with E-state index in [-0.39, 0.29) is 31.6 Å². The van der Waals surface area contributed by atoms with Crippen molar-refractivity contribution in [3.63, 3.8) is 0 Å². The number of ketones is 1. The van der Waals surface area contributed by atoms with E-state index in [1.807, 2.05) is 32.0 Å². The average molecular weight is 480 g/mol. The lowest BCUT2D eigenvalue weighted by Crippen LogP contribution is -2.48. The normalized spacial score (nSPS) is 11.4. The van der Waals surface area contributed by atoms with Gasteiger partial charge in [-0.1, -0.05) is 32.0 Å². The standard InChI is InChI=1S/C24H37N3O7/c1-18(2)16-21(27-19(3)33-15-14-32-13-12-31-4)23(29)26-17-22(28)24(30)25-10-11-34-20-8-6-5-7-9-20/h5-9,18,21,27H,3,10-17H2,1-2,4H3,(H,25,30)(H,26,29).